The number of hydrogen-bond donors (Lipinski definition) is 1. The van der Waals surface area contributed by atoms with Crippen molar-refractivity contribution in [2.75, 3.05) is 6.54 Å². The molecule has 0 aromatic rings. The SMILES string of the molecule is C#CCCNC1CCCC1CC. The van der Waals surface area contributed by atoms with Crippen molar-refractivity contribution in [3.8, 4) is 12.3 Å². The second kappa shape index (κ2) is 5.22. The second-order valence-electron chi connectivity index (χ2n) is 3.61. The lowest BCUT2D eigenvalue weighted by molar-refractivity contribution is 0.394. The van der Waals surface area contributed by atoms with E-state index < -0.39 is 0 Å². The van der Waals surface area contributed by atoms with Gasteiger partial charge in [0.15, 0.2) is 0 Å². The van der Waals surface area contributed by atoms with Crippen LogP contribution in [0.15, 0.2) is 0 Å². The fourth-order valence-electron chi connectivity index (χ4n) is 2.12. The van der Waals surface area contributed by atoms with Gasteiger partial charge in [-0.25, -0.2) is 0 Å². The molecule has 68 valence electrons. The fourth-order valence-corrected chi connectivity index (χ4v) is 2.12. The van der Waals surface area contributed by atoms with Gasteiger partial charge in [0.05, 0.1) is 0 Å². The third-order valence-corrected chi connectivity index (χ3v) is 2.86. The maximum atomic E-state index is 5.19. The molecule has 0 spiro atoms. The van der Waals surface area contributed by atoms with Crippen LogP contribution in [-0.2, 0) is 0 Å². The number of terminal acetylenes is 1. The van der Waals surface area contributed by atoms with Gasteiger partial charge in [-0.3, -0.25) is 0 Å². The summed E-state index contributed by atoms with van der Waals surface area (Å²) in [4.78, 5) is 0. The molecule has 1 N–H and O–H groups in total. The van der Waals surface area contributed by atoms with Crippen LogP contribution in [0, 0.1) is 18.3 Å². The van der Waals surface area contributed by atoms with Gasteiger partial charge in [-0.05, 0) is 18.8 Å². The summed E-state index contributed by atoms with van der Waals surface area (Å²) in [6.07, 6.45) is 11.5. The van der Waals surface area contributed by atoms with Gasteiger partial charge in [0.25, 0.3) is 0 Å². The average Bonchev–Trinajstić information content (AvgIpc) is 2.52. The van der Waals surface area contributed by atoms with E-state index in [2.05, 4.69) is 18.2 Å². The minimum absolute atomic E-state index is 0.753. The second-order valence-corrected chi connectivity index (χ2v) is 3.61. The third-order valence-electron chi connectivity index (χ3n) is 2.86. The Kier molecular flexibility index (Phi) is 4.18. The molecule has 1 aliphatic rings. The lowest BCUT2D eigenvalue weighted by atomic mass is 10.0. The zero-order valence-electron chi connectivity index (χ0n) is 7.97. The zero-order chi connectivity index (χ0) is 8.81. The van der Waals surface area contributed by atoms with Crippen molar-refractivity contribution < 1.29 is 0 Å². The monoisotopic (exact) mass is 165 g/mol. The first-order valence-corrected chi connectivity index (χ1v) is 5.05. The van der Waals surface area contributed by atoms with E-state index in [1.807, 2.05) is 0 Å². The Labute approximate surface area is 75.9 Å². The summed E-state index contributed by atoms with van der Waals surface area (Å²) in [6.45, 7) is 3.28. The molecule has 1 saturated carbocycles. The maximum Gasteiger partial charge on any atom is 0.0212 e. The first-order valence-electron chi connectivity index (χ1n) is 5.05. The first kappa shape index (κ1) is 9.61. The van der Waals surface area contributed by atoms with Crippen LogP contribution < -0.4 is 5.32 Å². The van der Waals surface area contributed by atoms with E-state index in [9.17, 15) is 0 Å². The van der Waals surface area contributed by atoms with Gasteiger partial charge in [0.1, 0.15) is 0 Å². The van der Waals surface area contributed by atoms with Crippen LogP contribution in [0.25, 0.3) is 0 Å². The number of rotatable bonds is 4. The van der Waals surface area contributed by atoms with Crippen molar-refractivity contribution in [1.29, 1.82) is 0 Å². The van der Waals surface area contributed by atoms with Crippen LogP contribution >= 0.6 is 0 Å². The molecule has 1 aliphatic carbocycles. The Bertz CT molecular complexity index is 157. The molecule has 0 bridgehead atoms. The van der Waals surface area contributed by atoms with Gasteiger partial charge in [0, 0.05) is 19.0 Å². The van der Waals surface area contributed by atoms with Crippen LogP contribution in [0.1, 0.15) is 39.0 Å². The molecule has 1 heteroatoms. The number of hydrogen-bond acceptors (Lipinski definition) is 1. The molecule has 1 fully saturated rings. The van der Waals surface area contributed by atoms with Crippen molar-refractivity contribution in [3.63, 3.8) is 0 Å². The van der Waals surface area contributed by atoms with Crippen molar-refractivity contribution in [1.82, 2.24) is 5.32 Å². The summed E-state index contributed by atoms with van der Waals surface area (Å²) in [5.74, 6) is 3.57. The highest BCUT2D eigenvalue weighted by molar-refractivity contribution is 4.87. The predicted octanol–water partition coefficient (Wildman–Crippen LogP) is 2.18. The molecule has 0 heterocycles. The molecule has 0 aromatic heterocycles. The average molecular weight is 165 g/mol. The van der Waals surface area contributed by atoms with E-state index in [0.717, 1.165) is 24.9 Å². The topological polar surface area (TPSA) is 12.0 Å². The summed E-state index contributed by atoms with van der Waals surface area (Å²) in [5.41, 5.74) is 0. The molecule has 2 unspecified atom stereocenters. The largest absolute Gasteiger partial charge is 0.313 e. The molecular formula is C11H19N. The first-order chi connectivity index (χ1) is 5.88. The van der Waals surface area contributed by atoms with Gasteiger partial charge in [0.2, 0.25) is 0 Å². The van der Waals surface area contributed by atoms with E-state index >= 15 is 0 Å². The van der Waals surface area contributed by atoms with E-state index in [1.54, 1.807) is 0 Å². The molecule has 0 aliphatic heterocycles. The minimum atomic E-state index is 0.753. The summed E-state index contributed by atoms with van der Waals surface area (Å²) in [6, 6.07) is 0.753. The maximum absolute atomic E-state index is 5.19. The van der Waals surface area contributed by atoms with Gasteiger partial charge in [-0.1, -0.05) is 19.8 Å². The Morgan fingerprint density at radius 1 is 1.50 bits per heavy atom. The highest BCUT2D eigenvalue weighted by Gasteiger charge is 2.24. The van der Waals surface area contributed by atoms with Crippen LogP contribution in [0.2, 0.25) is 0 Å². The lowest BCUT2D eigenvalue weighted by Gasteiger charge is -2.18. The molecule has 12 heavy (non-hydrogen) atoms. The van der Waals surface area contributed by atoms with Crippen molar-refractivity contribution in [2.45, 2.75) is 45.1 Å². The van der Waals surface area contributed by atoms with Crippen molar-refractivity contribution >= 4 is 0 Å². The normalized spacial score (nSPS) is 28.7. The van der Waals surface area contributed by atoms with E-state index in [-0.39, 0.29) is 0 Å². The molecular weight excluding hydrogens is 146 g/mol. The van der Waals surface area contributed by atoms with Crippen molar-refractivity contribution in [3.05, 3.63) is 0 Å². The zero-order valence-corrected chi connectivity index (χ0v) is 7.97. The van der Waals surface area contributed by atoms with Crippen LogP contribution in [-0.4, -0.2) is 12.6 Å². The molecule has 1 nitrogen and oxygen atoms in total. The molecule has 2 atom stereocenters. The Morgan fingerprint density at radius 3 is 3.00 bits per heavy atom. The van der Waals surface area contributed by atoms with Crippen LogP contribution in [0.5, 0.6) is 0 Å². The lowest BCUT2D eigenvalue weighted by Crippen LogP contribution is -2.32. The standard InChI is InChI=1S/C11H19N/c1-3-5-9-12-11-8-6-7-10(11)4-2/h1,10-12H,4-9H2,2H3. The van der Waals surface area contributed by atoms with Gasteiger partial charge >= 0.3 is 0 Å². The Balaban J connectivity index is 2.18. The molecule has 0 amide bonds. The Morgan fingerprint density at radius 2 is 2.33 bits per heavy atom. The summed E-state index contributed by atoms with van der Waals surface area (Å²) in [7, 11) is 0. The van der Waals surface area contributed by atoms with Gasteiger partial charge in [-0.15, -0.1) is 12.3 Å². The van der Waals surface area contributed by atoms with E-state index in [1.165, 1.54) is 25.7 Å². The van der Waals surface area contributed by atoms with Gasteiger partial charge < -0.3 is 5.32 Å². The smallest absolute Gasteiger partial charge is 0.0212 e. The van der Waals surface area contributed by atoms with Crippen LogP contribution in [0.4, 0.5) is 0 Å². The van der Waals surface area contributed by atoms with Gasteiger partial charge in [-0.2, -0.15) is 0 Å². The number of nitrogens with one attached hydrogen (secondary N) is 1. The predicted molar refractivity (Wildman–Crippen MR) is 52.9 cm³/mol. The molecule has 0 aromatic carbocycles. The summed E-state index contributed by atoms with van der Waals surface area (Å²) < 4.78 is 0. The Hall–Kier alpha value is -0.480. The summed E-state index contributed by atoms with van der Waals surface area (Å²) in [5, 5.41) is 3.54. The minimum Gasteiger partial charge on any atom is -0.313 e. The highest BCUT2D eigenvalue weighted by atomic mass is 14.9. The van der Waals surface area contributed by atoms with Crippen molar-refractivity contribution in [2.24, 2.45) is 5.92 Å². The molecule has 0 radical (unpaired) electrons. The van der Waals surface area contributed by atoms with E-state index in [0.29, 0.717) is 0 Å². The highest BCUT2D eigenvalue weighted by Crippen LogP contribution is 2.27. The fraction of sp³-hybridized carbons (Fsp3) is 0.818. The summed E-state index contributed by atoms with van der Waals surface area (Å²) >= 11 is 0. The molecule has 1 rings (SSSR count). The third kappa shape index (κ3) is 2.53. The quantitative estimate of drug-likeness (QED) is 0.497. The van der Waals surface area contributed by atoms with E-state index in [4.69, 9.17) is 6.42 Å². The van der Waals surface area contributed by atoms with Crippen LogP contribution in [0.3, 0.4) is 0 Å². The molecule has 0 saturated heterocycles.